The van der Waals surface area contributed by atoms with Crippen LogP contribution >= 0.6 is 0 Å². The first kappa shape index (κ1) is 13.6. The summed E-state index contributed by atoms with van der Waals surface area (Å²) in [6, 6.07) is 10.7. The number of hydrogen-bond donors (Lipinski definition) is 0. The standard InChI is InChI=1S/C18H23NO/c1-14-16-9-11-19(12-15-6-4-3-5-7-15)13-18(16,2)10-8-17(14)20/h3-7H,8-13H2,1-2H3. The van der Waals surface area contributed by atoms with Crippen LogP contribution in [0.2, 0.25) is 0 Å². The highest BCUT2D eigenvalue weighted by Gasteiger charge is 2.40. The van der Waals surface area contributed by atoms with Gasteiger partial charge in [0.2, 0.25) is 0 Å². The smallest absolute Gasteiger partial charge is 0.158 e. The minimum atomic E-state index is 0.213. The normalized spacial score (nSPS) is 27.6. The van der Waals surface area contributed by atoms with E-state index in [0.717, 1.165) is 44.5 Å². The fourth-order valence-corrected chi connectivity index (χ4v) is 3.83. The average molecular weight is 269 g/mol. The van der Waals surface area contributed by atoms with E-state index in [4.69, 9.17) is 0 Å². The number of piperidine rings is 1. The number of hydrogen-bond acceptors (Lipinski definition) is 2. The second kappa shape index (κ2) is 5.17. The molecule has 1 heterocycles. The van der Waals surface area contributed by atoms with Crippen LogP contribution in [0.1, 0.15) is 38.7 Å². The van der Waals surface area contributed by atoms with Crippen molar-refractivity contribution < 1.29 is 4.79 Å². The Labute approximate surface area is 121 Å². The Morgan fingerprint density at radius 1 is 1.20 bits per heavy atom. The van der Waals surface area contributed by atoms with Crippen molar-refractivity contribution in [1.82, 2.24) is 4.90 Å². The molecule has 0 amide bonds. The molecule has 0 saturated carbocycles. The lowest BCUT2D eigenvalue weighted by Gasteiger charge is -2.45. The zero-order valence-electron chi connectivity index (χ0n) is 12.5. The zero-order chi connectivity index (χ0) is 14.2. The minimum absolute atomic E-state index is 0.213. The van der Waals surface area contributed by atoms with Crippen molar-refractivity contribution in [3.63, 3.8) is 0 Å². The van der Waals surface area contributed by atoms with Gasteiger partial charge < -0.3 is 0 Å². The highest BCUT2D eigenvalue weighted by Crippen LogP contribution is 2.44. The van der Waals surface area contributed by atoms with E-state index in [1.54, 1.807) is 0 Å². The van der Waals surface area contributed by atoms with Gasteiger partial charge in [0.25, 0.3) is 0 Å². The van der Waals surface area contributed by atoms with Gasteiger partial charge >= 0.3 is 0 Å². The molecule has 1 unspecified atom stereocenters. The summed E-state index contributed by atoms with van der Waals surface area (Å²) >= 11 is 0. The van der Waals surface area contributed by atoms with Crippen LogP contribution in [0, 0.1) is 5.41 Å². The third-order valence-corrected chi connectivity index (χ3v) is 5.00. The molecule has 106 valence electrons. The number of fused-ring (bicyclic) bond motifs is 1. The summed E-state index contributed by atoms with van der Waals surface area (Å²) in [5.74, 6) is 0.369. The number of carbonyl (C=O) groups is 1. The van der Waals surface area contributed by atoms with E-state index in [-0.39, 0.29) is 5.41 Å². The zero-order valence-corrected chi connectivity index (χ0v) is 12.5. The molecule has 1 aromatic carbocycles. The molecule has 1 aliphatic carbocycles. The summed E-state index contributed by atoms with van der Waals surface area (Å²) in [6.07, 6.45) is 2.80. The predicted octanol–water partition coefficient (Wildman–Crippen LogP) is 3.58. The first-order chi connectivity index (χ1) is 9.58. The van der Waals surface area contributed by atoms with Crippen LogP contribution in [0.4, 0.5) is 0 Å². The maximum absolute atomic E-state index is 11.9. The summed E-state index contributed by atoms with van der Waals surface area (Å²) in [5.41, 5.74) is 4.08. The van der Waals surface area contributed by atoms with E-state index < -0.39 is 0 Å². The van der Waals surface area contributed by atoms with Crippen LogP contribution in [-0.2, 0) is 11.3 Å². The lowest BCUT2D eigenvalue weighted by molar-refractivity contribution is -0.117. The molecule has 2 aliphatic rings. The van der Waals surface area contributed by atoms with Crippen LogP contribution in [0.5, 0.6) is 0 Å². The average Bonchev–Trinajstić information content (AvgIpc) is 2.44. The minimum Gasteiger partial charge on any atom is -0.298 e. The van der Waals surface area contributed by atoms with Crippen molar-refractivity contribution in [1.29, 1.82) is 0 Å². The number of carbonyl (C=O) groups excluding carboxylic acids is 1. The molecule has 3 rings (SSSR count). The molecular formula is C18H23NO. The Morgan fingerprint density at radius 3 is 2.70 bits per heavy atom. The van der Waals surface area contributed by atoms with Gasteiger partial charge in [-0.05, 0) is 30.9 Å². The molecule has 1 fully saturated rings. The van der Waals surface area contributed by atoms with Crippen molar-refractivity contribution in [3.05, 3.63) is 47.0 Å². The highest BCUT2D eigenvalue weighted by atomic mass is 16.1. The van der Waals surface area contributed by atoms with Crippen LogP contribution in [-0.4, -0.2) is 23.8 Å². The summed E-state index contributed by atoms with van der Waals surface area (Å²) in [5, 5.41) is 0. The quantitative estimate of drug-likeness (QED) is 0.818. The first-order valence-electron chi connectivity index (χ1n) is 7.58. The maximum atomic E-state index is 11.9. The van der Waals surface area contributed by atoms with Gasteiger partial charge in [-0.2, -0.15) is 0 Å². The van der Waals surface area contributed by atoms with Gasteiger partial charge in [-0.25, -0.2) is 0 Å². The summed E-state index contributed by atoms with van der Waals surface area (Å²) in [6.45, 7) is 7.56. The molecule has 1 aromatic rings. The van der Waals surface area contributed by atoms with Gasteiger partial charge in [-0.15, -0.1) is 0 Å². The fraction of sp³-hybridized carbons (Fsp3) is 0.500. The highest BCUT2D eigenvalue weighted by molar-refractivity contribution is 5.96. The van der Waals surface area contributed by atoms with E-state index in [0.29, 0.717) is 5.78 Å². The Balaban J connectivity index is 1.77. The molecule has 0 radical (unpaired) electrons. The topological polar surface area (TPSA) is 20.3 Å². The molecule has 20 heavy (non-hydrogen) atoms. The van der Waals surface area contributed by atoms with Gasteiger partial charge in [0, 0.05) is 31.5 Å². The third kappa shape index (κ3) is 2.45. The summed E-state index contributed by atoms with van der Waals surface area (Å²) in [7, 11) is 0. The van der Waals surface area contributed by atoms with E-state index in [1.807, 2.05) is 6.92 Å². The van der Waals surface area contributed by atoms with Crippen molar-refractivity contribution in [2.24, 2.45) is 5.41 Å². The summed E-state index contributed by atoms with van der Waals surface area (Å²) < 4.78 is 0. The Bertz CT molecular complexity index is 546. The van der Waals surface area contributed by atoms with Crippen LogP contribution < -0.4 is 0 Å². The van der Waals surface area contributed by atoms with Crippen molar-refractivity contribution in [3.8, 4) is 0 Å². The first-order valence-corrected chi connectivity index (χ1v) is 7.58. The van der Waals surface area contributed by atoms with Crippen LogP contribution in [0.15, 0.2) is 41.5 Å². The largest absolute Gasteiger partial charge is 0.298 e. The number of rotatable bonds is 2. The fourth-order valence-electron chi connectivity index (χ4n) is 3.83. The third-order valence-electron chi connectivity index (χ3n) is 5.00. The van der Waals surface area contributed by atoms with Crippen molar-refractivity contribution in [2.45, 2.75) is 39.7 Å². The molecule has 1 atom stereocenters. The van der Waals surface area contributed by atoms with Crippen molar-refractivity contribution in [2.75, 3.05) is 13.1 Å². The van der Waals surface area contributed by atoms with Gasteiger partial charge in [0.05, 0.1) is 0 Å². The van der Waals surface area contributed by atoms with Crippen LogP contribution in [0.25, 0.3) is 0 Å². The van der Waals surface area contributed by atoms with E-state index in [1.165, 1.54) is 11.1 Å². The monoisotopic (exact) mass is 269 g/mol. The Morgan fingerprint density at radius 2 is 1.95 bits per heavy atom. The summed E-state index contributed by atoms with van der Waals surface area (Å²) in [4.78, 5) is 14.4. The molecule has 2 nitrogen and oxygen atoms in total. The molecule has 1 aliphatic heterocycles. The van der Waals surface area contributed by atoms with Crippen molar-refractivity contribution >= 4 is 5.78 Å². The number of benzene rings is 1. The number of ketones is 1. The Hall–Kier alpha value is -1.41. The van der Waals surface area contributed by atoms with Gasteiger partial charge in [-0.1, -0.05) is 42.8 Å². The van der Waals surface area contributed by atoms with Gasteiger partial charge in [-0.3, -0.25) is 9.69 Å². The second-order valence-electron chi connectivity index (χ2n) is 6.53. The van der Waals surface area contributed by atoms with E-state index in [9.17, 15) is 4.79 Å². The SMILES string of the molecule is CC1=C2CCN(Cc3ccccc3)CC2(C)CCC1=O. The number of Topliss-reactive ketones (excluding diaryl/α,β-unsaturated/α-hetero) is 1. The number of likely N-dealkylation sites (tertiary alicyclic amines) is 1. The molecule has 0 aromatic heterocycles. The molecule has 0 N–H and O–H groups in total. The van der Waals surface area contributed by atoms with E-state index >= 15 is 0 Å². The van der Waals surface area contributed by atoms with E-state index in [2.05, 4.69) is 42.2 Å². The maximum Gasteiger partial charge on any atom is 0.158 e. The lowest BCUT2D eigenvalue weighted by Crippen LogP contribution is -2.45. The van der Waals surface area contributed by atoms with Gasteiger partial charge in [0.15, 0.2) is 5.78 Å². The Kier molecular flexibility index (Phi) is 3.51. The number of nitrogens with zero attached hydrogens (tertiary/aromatic N) is 1. The molecule has 2 heteroatoms. The predicted molar refractivity (Wildman–Crippen MR) is 81.4 cm³/mol. The van der Waals surface area contributed by atoms with Crippen LogP contribution in [0.3, 0.4) is 0 Å². The molecule has 0 spiro atoms. The second-order valence-corrected chi connectivity index (χ2v) is 6.53. The molecule has 1 saturated heterocycles. The molecule has 0 bridgehead atoms. The molecular weight excluding hydrogens is 246 g/mol. The van der Waals surface area contributed by atoms with Gasteiger partial charge in [0.1, 0.15) is 0 Å². The number of allylic oxidation sites excluding steroid dienone is 1. The lowest BCUT2D eigenvalue weighted by atomic mass is 9.67.